The van der Waals surface area contributed by atoms with Crippen molar-refractivity contribution < 1.29 is 17.3 Å². The first-order valence-corrected chi connectivity index (χ1v) is 12.5. The summed E-state index contributed by atoms with van der Waals surface area (Å²) in [6.07, 6.45) is 9.30. The van der Waals surface area contributed by atoms with Crippen LogP contribution in [0.3, 0.4) is 0 Å². The summed E-state index contributed by atoms with van der Waals surface area (Å²) >= 11 is 0. The molecule has 0 aliphatic carbocycles. The quantitative estimate of drug-likeness (QED) is 0.372. The van der Waals surface area contributed by atoms with Gasteiger partial charge in [0.1, 0.15) is 12.4 Å². The third-order valence-electron chi connectivity index (χ3n) is 5.91. The second-order valence-corrected chi connectivity index (χ2v) is 10.6. The standard InChI is InChI=1S/C22H38FN2O2S/c1-3-4-5-6-7-8-9-10-19-28(26,27)24-15-17-25(2,18-16-24)20-21-11-13-22(23)14-12-21/h11-14H,3-10,15-20H2,1-2H3/q+1. The Bertz CT molecular complexity index is 668. The van der Waals surface area contributed by atoms with Crippen molar-refractivity contribution in [2.75, 3.05) is 39.0 Å². The second kappa shape index (κ2) is 11.3. The topological polar surface area (TPSA) is 37.4 Å². The summed E-state index contributed by atoms with van der Waals surface area (Å²) in [5.74, 6) is 0.0622. The van der Waals surface area contributed by atoms with E-state index in [4.69, 9.17) is 0 Å². The van der Waals surface area contributed by atoms with Gasteiger partial charge < -0.3 is 4.48 Å². The normalized spacial score (nSPS) is 17.7. The minimum absolute atomic E-state index is 0.219. The van der Waals surface area contributed by atoms with E-state index < -0.39 is 10.0 Å². The largest absolute Gasteiger partial charge is 0.320 e. The van der Waals surface area contributed by atoms with Gasteiger partial charge in [-0.15, -0.1) is 0 Å². The maximum Gasteiger partial charge on any atom is 0.214 e. The molecule has 0 N–H and O–H groups in total. The predicted molar refractivity (Wildman–Crippen MR) is 114 cm³/mol. The Balaban J connectivity index is 1.69. The van der Waals surface area contributed by atoms with E-state index in [0.29, 0.717) is 13.1 Å². The zero-order valence-corrected chi connectivity index (χ0v) is 18.5. The van der Waals surface area contributed by atoms with E-state index in [1.165, 1.54) is 44.2 Å². The predicted octanol–water partition coefficient (Wildman–Crippen LogP) is 4.56. The number of unbranched alkanes of at least 4 members (excludes halogenated alkanes) is 7. The van der Waals surface area contributed by atoms with Crippen molar-refractivity contribution in [1.82, 2.24) is 4.31 Å². The van der Waals surface area contributed by atoms with Gasteiger partial charge in [0.2, 0.25) is 10.0 Å². The van der Waals surface area contributed by atoms with E-state index in [0.717, 1.165) is 48.9 Å². The summed E-state index contributed by atoms with van der Waals surface area (Å²) in [6.45, 7) is 5.79. The summed E-state index contributed by atoms with van der Waals surface area (Å²) in [5.41, 5.74) is 1.10. The van der Waals surface area contributed by atoms with Crippen LogP contribution in [0.25, 0.3) is 0 Å². The van der Waals surface area contributed by atoms with Crippen LogP contribution in [0.1, 0.15) is 63.9 Å². The Morgan fingerprint density at radius 3 is 2.04 bits per heavy atom. The van der Waals surface area contributed by atoms with Gasteiger partial charge in [0.25, 0.3) is 0 Å². The van der Waals surface area contributed by atoms with Crippen molar-refractivity contribution in [2.45, 2.75) is 64.8 Å². The smallest absolute Gasteiger partial charge is 0.214 e. The molecule has 1 aromatic rings. The lowest BCUT2D eigenvalue weighted by Crippen LogP contribution is -2.57. The summed E-state index contributed by atoms with van der Waals surface area (Å²) in [5, 5.41) is 0. The van der Waals surface area contributed by atoms with Gasteiger partial charge >= 0.3 is 0 Å². The van der Waals surface area contributed by atoms with Crippen LogP contribution in [-0.4, -0.2) is 56.2 Å². The molecule has 28 heavy (non-hydrogen) atoms. The Hall–Kier alpha value is -0.980. The van der Waals surface area contributed by atoms with Gasteiger partial charge in [-0.05, 0) is 18.6 Å². The number of sulfonamides is 1. The van der Waals surface area contributed by atoms with Crippen molar-refractivity contribution in [3.8, 4) is 0 Å². The van der Waals surface area contributed by atoms with E-state index in [-0.39, 0.29) is 11.6 Å². The molecule has 4 nitrogen and oxygen atoms in total. The number of hydrogen-bond donors (Lipinski definition) is 0. The van der Waals surface area contributed by atoms with E-state index >= 15 is 0 Å². The first-order chi connectivity index (χ1) is 13.3. The lowest BCUT2D eigenvalue weighted by molar-refractivity contribution is -0.925. The average molecular weight is 414 g/mol. The maximum absolute atomic E-state index is 13.1. The molecule has 0 radical (unpaired) electrons. The molecule has 0 spiro atoms. The van der Waals surface area contributed by atoms with E-state index in [2.05, 4.69) is 14.0 Å². The number of likely N-dealkylation sites (N-methyl/N-ethyl adjacent to an activating group) is 1. The van der Waals surface area contributed by atoms with Crippen LogP contribution in [-0.2, 0) is 16.6 Å². The number of quaternary nitrogens is 1. The average Bonchev–Trinajstić information content (AvgIpc) is 2.66. The lowest BCUT2D eigenvalue weighted by Gasteiger charge is -2.41. The first-order valence-electron chi connectivity index (χ1n) is 10.9. The van der Waals surface area contributed by atoms with Crippen LogP contribution in [0, 0.1) is 5.82 Å². The number of hydrogen-bond acceptors (Lipinski definition) is 2. The van der Waals surface area contributed by atoms with Crippen LogP contribution in [0.15, 0.2) is 24.3 Å². The Labute approximate surface area is 171 Å². The molecular formula is C22H38FN2O2S+. The van der Waals surface area contributed by atoms with Gasteiger partial charge in [0, 0.05) is 5.56 Å². The highest BCUT2D eigenvalue weighted by atomic mass is 32.2. The summed E-state index contributed by atoms with van der Waals surface area (Å²) < 4.78 is 40.9. The highest BCUT2D eigenvalue weighted by Crippen LogP contribution is 2.19. The van der Waals surface area contributed by atoms with Gasteiger partial charge in [0.15, 0.2) is 0 Å². The van der Waals surface area contributed by atoms with Crippen LogP contribution >= 0.6 is 0 Å². The van der Waals surface area contributed by atoms with Crippen LogP contribution in [0.4, 0.5) is 4.39 Å². The van der Waals surface area contributed by atoms with Gasteiger partial charge in [0.05, 0.1) is 39.0 Å². The number of piperazine rings is 1. The lowest BCUT2D eigenvalue weighted by atomic mass is 10.1. The van der Waals surface area contributed by atoms with Crippen LogP contribution in [0.2, 0.25) is 0 Å². The number of rotatable bonds is 12. The maximum atomic E-state index is 13.1. The molecule has 0 amide bonds. The molecule has 0 aromatic heterocycles. The highest BCUT2D eigenvalue weighted by molar-refractivity contribution is 7.89. The Morgan fingerprint density at radius 1 is 0.929 bits per heavy atom. The third kappa shape index (κ3) is 7.80. The van der Waals surface area contributed by atoms with Crippen molar-refractivity contribution in [3.05, 3.63) is 35.6 Å². The number of benzene rings is 1. The first kappa shape index (κ1) is 23.3. The van der Waals surface area contributed by atoms with Crippen molar-refractivity contribution in [3.63, 3.8) is 0 Å². The van der Waals surface area contributed by atoms with Gasteiger partial charge in [-0.25, -0.2) is 12.8 Å². The summed E-state index contributed by atoms with van der Waals surface area (Å²) in [4.78, 5) is 0. The van der Waals surface area contributed by atoms with E-state index in [1.807, 2.05) is 12.1 Å². The third-order valence-corrected chi connectivity index (χ3v) is 7.86. The molecule has 1 saturated heterocycles. The molecule has 0 saturated carbocycles. The molecule has 1 aliphatic rings. The molecule has 0 bridgehead atoms. The molecule has 1 aromatic carbocycles. The fraction of sp³-hybridized carbons (Fsp3) is 0.727. The molecule has 1 heterocycles. The highest BCUT2D eigenvalue weighted by Gasteiger charge is 2.34. The van der Waals surface area contributed by atoms with Crippen molar-refractivity contribution >= 4 is 10.0 Å². The van der Waals surface area contributed by atoms with Crippen molar-refractivity contribution in [1.29, 1.82) is 0 Å². The fourth-order valence-electron chi connectivity index (χ4n) is 3.94. The fourth-order valence-corrected chi connectivity index (χ4v) is 5.49. The molecule has 0 unspecified atom stereocenters. The summed E-state index contributed by atoms with van der Waals surface area (Å²) in [6, 6.07) is 6.63. The molecule has 0 atom stereocenters. The van der Waals surface area contributed by atoms with Gasteiger partial charge in [-0.3, -0.25) is 0 Å². The molecule has 160 valence electrons. The zero-order chi connectivity index (χ0) is 20.5. The van der Waals surface area contributed by atoms with Crippen molar-refractivity contribution in [2.24, 2.45) is 0 Å². The number of halogens is 1. The van der Waals surface area contributed by atoms with Gasteiger partial charge in [-0.1, -0.05) is 64.0 Å². The minimum atomic E-state index is -3.14. The van der Waals surface area contributed by atoms with Crippen LogP contribution < -0.4 is 0 Å². The second-order valence-electron chi connectivity index (χ2n) is 8.54. The molecule has 1 fully saturated rings. The molecule has 1 aliphatic heterocycles. The van der Waals surface area contributed by atoms with Gasteiger partial charge in [-0.2, -0.15) is 4.31 Å². The monoisotopic (exact) mass is 413 g/mol. The van der Waals surface area contributed by atoms with E-state index in [1.54, 1.807) is 4.31 Å². The summed E-state index contributed by atoms with van der Waals surface area (Å²) in [7, 11) is -0.981. The van der Waals surface area contributed by atoms with E-state index in [9.17, 15) is 12.8 Å². The Kier molecular flexibility index (Phi) is 9.38. The number of nitrogens with zero attached hydrogens (tertiary/aromatic N) is 2. The zero-order valence-electron chi connectivity index (χ0n) is 17.7. The molecule has 2 rings (SSSR count). The minimum Gasteiger partial charge on any atom is -0.320 e. The molecular weight excluding hydrogens is 375 g/mol. The van der Waals surface area contributed by atoms with Crippen LogP contribution in [0.5, 0.6) is 0 Å². The Morgan fingerprint density at radius 2 is 1.46 bits per heavy atom. The molecule has 6 heteroatoms. The SMILES string of the molecule is CCCCCCCCCCS(=O)(=O)N1CC[N+](C)(Cc2ccc(F)cc2)CC1.